The van der Waals surface area contributed by atoms with Gasteiger partial charge in [-0.25, -0.2) is 8.78 Å². The average Bonchev–Trinajstić information content (AvgIpc) is 3.00. The molecular weight excluding hydrogens is 356 g/mol. The van der Waals surface area contributed by atoms with E-state index in [9.17, 15) is 23.2 Å². The first-order valence-corrected chi connectivity index (χ1v) is 8.27. The Balaban J connectivity index is 1.72. The maximum atomic E-state index is 13.7. The molecular formula is C19H17F2N3O3. The zero-order valence-electron chi connectivity index (χ0n) is 14.5. The number of rotatable bonds is 4. The highest BCUT2D eigenvalue weighted by Gasteiger charge is 2.35. The van der Waals surface area contributed by atoms with Gasteiger partial charge in [-0.1, -0.05) is 6.07 Å². The van der Waals surface area contributed by atoms with Crippen molar-refractivity contribution in [3.05, 3.63) is 54.1 Å². The van der Waals surface area contributed by atoms with E-state index in [1.807, 2.05) is 0 Å². The van der Waals surface area contributed by atoms with Crippen molar-refractivity contribution in [2.45, 2.75) is 13.3 Å². The highest BCUT2D eigenvalue weighted by molar-refractivity contribution is 6.04. The van der Waals surface area contributed by atoms with Crippen LogP contribution in [0, 0.1) is 17.6 Å². The molecule has 0 spiro atoms. The maximum Gasteiger partial charge on any atom is 0.229 e. The van der Waals surface area contributed by atoms with E-state index >= 15 is 0 Å². The van der Waals surface area contributed by atoms with Crippen LogP contribution in [0.15, 0.2) is 42.5 Å². The smallest absolute Gasteiger partial charge is 0.229 e. The second-order valence-electron chi connectivity index (χ2n) is 6.25. The van der Waals surface area contributed by atoms with Gasteiger partial charge in [0.15, 0.2) is 0 Å². The number of halogens is 2. The summed E-state index contributed by atoms with van der Waals surface area (Å²) in [5.74, 6) is -3.21. The standard InChI is InChI=1S/C19H17F2N3O3/c1-11(25)22-14-3-2-4-15(9-14)24-10-12(7-18(24)26)19(27)23-17-8-13(20)5-6-16(17)21/h2-6,8-9,12H,7,10H2,1H3,(H,22,25)(H,23,27)/t12-/m1/s1. The number of carbonyl (C=O) groups excluding carboxylic acids is 3. The van der Waals surface area contributed by atoms with Crippen LogP contribution in [-0.4, -0.2) is 24.3 Å². The second kappa shape index (κ2) is 7.53. The summed E-state index contributed by atoms with van der Waals surface area (Å²) < 4.78 is 26.9. The second-order valence-corrected chi connectivity index (χ2v) is 6.25. The van der Waals surface area contributed by atoms with Gasteiger partial charge in [-0.3, -0.25) is 14.4 Å². The summed E-state index contributed by atoms with van der Waals surface area (Å²) in [5.41, 5.74) is 0.805. The van der Waals surface area contributed by atoms with Gasteiger partial charge in [-0.2, -0.15) is 0 Å². The molecule has 1 fully saturated rings. The van der Waals surface area contributed by atoms with Gasteiger partial charge < -0.3 is 15.5 Å². The SMILES string of the molecule is CC(=O)Nc1cccc(N2C[C@H](C(=O)Nc3cc(F)ccc3F)CC2=O)c1. The molecule has 1 saturated heterocycles. The molecule has 2 N–H and O–H groups in total. The number of nitrogens with zero attached hydrogens (tertiary/aromatic N) is 1. The fourth-order valence-corrected chi connectivity index (χ4v) is 2.92. The average molecular weight is 373 g/mol. The summed E-state index contributed by atoms with van der Waals surface area (Å²) in [6.45, 7) is 1.48. The maximum absolute atomic E-state index is 13.7. The van der Waals surface area contributed by atoms with Gasteiger partial charge in [-0.05, 0) is 30.3 Å². The third-order valence-electron chi connectivity index (χ3n) is 4.16. The number of anilines is 3. The molecule has 0 unspecified atom stereocenters. The van der Waals surface area contributed by atoms with Crippen molar-refractivity contribution in [2.24, 2.45) is 5.92 Å². The lowest BCUT2D eigenvalue weighted by Gasteiger charge is -2.18. The minimum absolute atomic E-state index is 0.0485. The van der Waals surface area contributed by atoms with Gasteiger partial charge in [-0.15, -0.1) is 0 Å². The minimum atomic E-state index is -0.756. The van der Waals surface area contributed by atoms with Crippen LogP contribution in [0.1, 0.15) is 13.3 Å². The third kappa shape index (κ3) is 4.28. The summed E-state index contributed by atoms with van der Waals surface area (Å²) >= 11 is 0. The molecule has 0 saturated carbocycles. The molecule has 3 amide bonds. The molecule has 8 heteroatoms. The summed E-state index contributed by atoms with van der Waals surface area (Å²) in [7, 11) is 0. The van der Waals surface area contributed by atoms with E-state index in [2.05, 4.69) is 10.6 Å². The number of benzene rings is 2. The van der Waals surface area contributed by atoms with E-state index in [0.717, 1.165) is 18.2 Å². The summed E-state index contributed by atoms with van der Waals surface area (Å²) in [5, 5.41) is 4.96. The molecule has 0 aliphatic carbocycles. The Bertz CT molecular complexity index is 917. The Morgan fingerprint density at radius 2 is 1.89 bits per heavy atom. The predicted octanol–water partition coefficient (Wildman–Crippen LogP) is 2.91. The number of amides is 3. The lowest BCUT2D eigenvalue weighted by atomic mass is 10.1. The molecule has 1 aliphatic rings. The zero-order chi connectivity index (χ0) is 19.6. The Morgan fingerprint density at radius 3 is 2.63 bits per heavy atom. The number of carbonyl (C=O) groups is 3. The Hall–Kier alpha value is -3.29. The largest absolute Gasteiger partial charge is 0.326 e. The van der Waals surface area contributed by atoms with Gasteiger partial charge >= 0.3 is 0 Å². The first kappa shape index (κ1) is 18.5. The van der Waals surface area contributed by atoms with E-state index in [1.165, 1.54) is 11.8 Å². The van der Waals surface area contributed by atoms with Gasteiger partial charge in [0.1, 0.15) is 11.6 Å². The van der Waals surface area contributed by atoms with Crippen LogP contribution >= 0.6 is 0 Å². The third-order valence-corrected chi connectivity index (χ3v) is 4.16. The molecule has 6 nitrogen and oxygen atoms in total. The Labute approximate surface area is 154 Å². The summed E-state index contributed by atoms with van der Waals surface area (Å²) in [6, 6.07) is 9.45. The van der Waals surface area contributed by atoms with Crippen molar-refractivity contribution >= 4 is 34.8 Å². The molecule has 2 aromatic rings. The van der Waals surface area contributed by atoms with Crippen molar-refractivity contribution in [3.63, 3.8) is 0 Å². The predicted molar refractivity (Wildman–Crippen MR) is 96.2 cm³/mol. The molecule has 2 aromatic carbocycles. The van der Waals surface area contributed by atoms with Crippen LogP contribution in [0.3, 0.4) is 0 Å². The molecule has 0 bridgehead atoms. The van der Waals surface area contributed by atoms with Crippen LogP contribution in [0.5, 0.6) is 0 Å². The monoisotopic (exact) mass is 373 g/mol. The normalized spacial score (nSPS) is 16.3. The molecule has 27 heavy (non-hydrogen) atoms. The highest BCUT2D eigenvalue weighted by Crippen LogP contribution is 2.28. The fourth-order valence-electron chi connectivity index (χ4n) is 2.92. The van der Waals surface area contributed by atoms with Crippen LogP contribution in [-0.2, 0) is 14.4 Å². The van der Waals surface area contributed by atoms with E-state index < -0.39 is 23.5 Å². The molecule has 0 radical (unpaired) electrons. The quantitative estimate of drug-likeness (QED) is 0.865. The first-order chi connectivity index (χ1) is 12.8. The Kier molecular flexibility index (Phi) is 5.16. The summed E-state index contributed by atoms with van der Waals surface area (Å²) in [4.78, 5) is 37.3. The summed E-state index contributed by atoms with van der Waals surface area (Å²) in [6.07, 6.45) is -0.0485. The molecule has 0 aromatic heterocycles. The van der Waals surface area contributed by atoms with Crippen molar-refractivity contribution in [1.29, 1.82) is 0 Å². The van der Waals surface area contributed by atoms with Gasteiger partial charge in [0.25, 0.3) is 0 Å². The van der Waals surface area contributed by atoms with Gasteiger partial charge in [0, 0.05) is 37.3 Å². The molecule has 3 rings (SSSR count). The van der Waals surface area contributed by atoms with Gasteiger partial charge in [0.05, 0.1) is 11.6 Å². The molecule has 140 valence electrons. The van der Waals surface area contributed by atoms with Crippen LogP contribution < -0.4 is 15.5 Å². The number of hydrogen-bond donors (Lipinski definition) is 2. The van der Waals surface area contributed by atoms with E-state index in [-0.39, 0.29) is 30.5 Å². The minimum Gasteiger partial charge on any atom is -0.326 e. The lowest BCUT2D eigenvalue weighted by molar-refractivity contribution is -0.122. The van der Waals surface area contributed by atoms with Crippen molar-refractivity contribution in [3.8, 4) is 0 Å². The lowest BCUT2D eigenvalue weighted by Crippen LogP contribution is -2.28. The van der Waals surface area contributed by atoms with Gasteiger partial charge in [0.2, 0.25) is 17.7 Å². The molecule has 1 aliphatic heterocycles. The topological polar surface area (TPSA) is 78.5 Å². The zero-order valence-corrected chi connectivity index (χ0v) is 14.5. The van der Waals surface area contributed by atoms with E-state index in [1.54, 1.807) is 24.3 Å². The van der Waals surface area contributed by atoms with Crippen molar-refractivity contribution < 1.29 is 23.2 Å². The van der Waals surface area contributed by atoms with Crippen LogP contribution in [0.2, 0.25) is 0 Å². The molecule has 1 heterocycles. The molecule has 1 atom stereocenters. The van der Waals surface area contributed by atoms with E-state index in [0.29, 0.717) is 11.4 Å². The highest BCUT2D eigenvalue weighted by atomic mass is 19.1. The number of nitrogens with one attached hydrogen (secondary N) is 2. The fraction of sp³-hybridized carbons (Fsp3) is 0.211. The van der Waals surface area contributed by atoms with Crippen LogP contribution in [0.4, 0.5) is 25.8 Å². The van der Waals surface area contributed by atoms with E-state index in [4.69, 9.17) is 0 Å². The van der Waals surface area contributed by atoms with Crippen molar-refractivity contribution in [2.75, 3.05) is 22.1 Å². The van der Waals surface area contributed by atoms with Crippen LogP contribution in [0.25, 0.3) is 0 Å². The number of hydrogen-bond acceptors (Lipinski definition) is 3. The first-order valence-electron chi connectivity index (χ1n) is 8.27. The van der Waals surface area contributed by atoms with Crippen molar-refractivity contribution in [1.82, 2.24) is 0 Å². The Morgan fingerprint density at radius 1 is 1.11 bits per heavy atom.